The molecule has 7 nitrogen and oxygen atoms in total. The number of carbonyl (C=O) groups excluding carboxylic acids is 2. The highest BCUT2D eigenvalue weighted by Crippen LogP contribution is 2.37. The molecule has 2 aromatic rings. The molecule has 1 aromatic heterocycles. The van der Waals surface area contributed by atoms with Gasteiger partial charge in [-0.05, 0) is 25.3 Å². The van der Waals surface area contributed by atoms with Crippen LogP contribution in [0, 0.1) is 0 Å². The van der Waals surface area contributed by atoms with Crippen LogP contribution in [0.4, 0.5) is 5.13 Å². The number of anilines is 1. The van der Waals surface area contributed by atoms with Crippen LogP contribution >= 0.6 is 23.1 Å². The van der Waals surface area contributed by atoms with Crippen LogP contribution in [0.2, 0.25) is 0 Å². The molecule has 2 amide bonds. The van der Waals surface area contributed by atoms with E-state index >= 15 is 0 Å². The zero-order valence-corrected chi connectivity index (χ0v) is 19.7. The Hall–Kier alpha value is -1.97. The maximum absolute atomic E-state index is 13.0. The van der Waals surface area contributed by atoms with Crippen molar-refractivity contribution in [3.63, 3.8) is 0 Å². The first-order valence-corrected chi connectivity index (χ1v) is 12.6. The third-order valence-corrected chi connectivity index (χ3v) is 7.74. The van der Waals surface area contributed by atoms with Gasteiger partial charge in [0.2, 0.25) is 16.9 Å². The predicted molar refractivity (Wildman–Crippen MR) is 124 cm³/mol. The van der Waals surface area contributed by atoms with Gasteiger partial charge in [-0.2, -0.15) is 0 Å². The summed E-state index contributed by atoms with van der Waals surface area (Å²) in [5, 5.41) is 8.93. The Balaban J connectivity index is 1.28. The molecule has 1 saturated carbocycles. The molecule has 2 heterocycles. The van der Waals surface area contributed by atoms with E-state index in [1.54, 1.807) is 4.90 Å². The SMILES string of the molecule is CCC(=O)N(c1nnc(S[C@H](C)C(=O)N2CCN(Cc3ccccc3)CC2)s1)C1CC1. The maximum Gasteiger partial charge on any atom is 0.235 e. The number of nitrogens with zero attached hydrogens (tertiary/aromatic N) is 5. The van der Waals surface area contributed by atoms with E-state index in [-0.39, 0.29) is 23.1 Å². The highest BCUT2D eigenvalue weighted by atomic mass is 32.2. The second-order valence-electron chi connectivity index (χ2n) is 8.05. The zero-order chi connectivity index (χ0) is 21.8. The van der Waals surface area contributed by atoms with Gasteiger partial charge in [0.15, 0.2) is 4.34 Å². The predicted octanol–water partition coefficient (Wildman–Crippen LogP) is 3.27. The van der Waals surface area contributed by atoms with Crippen LogP contribution in [0.5, 0.6) is 0 Å². The summed E-state index contributed by atoms with van der Waals surface area (Å²) in [7, 11) is 0. The lowest BCUT2D eigenvalue weighted by Crippen LogP contribution is -2.50. The van der Waals surface area contributed by atoms with E-state index in [0.717, 1.165) is 49.9 Å². The quantitative estimate of drug-likeness (QED) is 0.446. The third-order valence-electron chi connectivity index (χ3n) is 5.64. The Morgan fingerprint density at radius 2 is 1.87 bits per heavy atom. The van der Waals surface area contributed by atoms with Gasteiger partial charge in [0, 0.05) is 45.2 Å². The number of aromatic nitrogens is 2. The minimum atomic E-state index is -0.224. The first kappa shape index (κ1) is 22.2. The molecular weight excluding hydrogens is 430 g/mol. The molecule has 0 N–H and O–H groups in total. The lowest BCUT2D eigenvalue weighted by Gasteiger charge is -2.35. The highest BCUT2D eigenvalue weighted by molar-refractivity contribution is 8.02. The minimum Gasteiger partial charge on any atom is -0.339 e. The van der Waals surface area contributed by atoms with Crippen molar-refractivity contribution in [2.45, 2.75) is 55.3 Å². The molecule has 9 heteroatoms. The fourth-order valence-corrected chi connectivity index (χ4v) is 5.90. The fourth-order valence-electron chi connectivity index (χ4n) is 3.74. The maximum atomic E-state index is 13.0. The average molecular weight is 460 g/mol. The van der Waals surface area contributed by atoms with E-state index < -0.39 is 0 Å². The Labute approximate surface area is 191 Å². The molecule has 4 rings (SSSR count). The summed E-state index contributed by atoms with van der Waals surface area (Å²) < 4.78 is 0.744. The van der Waals surface area contributed by atoms with Gasteiger partial charge < -0.3 is 4.90 Å². The van der Waals surface area contributed by atoms with E-state index in [4.69, 9.17) is 0 Å². The van der Waals surface area contributed by atoms with Crippen LogP contribution in [0.25, 0.3) is 0 Å². The van der Waals surface area contributed by atoms with Gasteiger partial charge in [-0.1, -0.05) is 60.4 Å². The van der Waals surface area contributed by atoms with Crippen molar-refractivity contribution in [1.82, 2.24) is 20.0 Å². The molecule has 166 valence electrons. The van der Waals surface area contributed by atoms with E-state index in [1.807, 2.05) is 24.8 Å². The molecule has 1 aliphatic heterocycles. The Morgan fingerprint density at radius 3 is 2.52 bits per heavy atom. The highest BCUT2D eigenvalue weighted by Gasteiger charge is 2.35. The monoisotopic (exact) mass is 459 g/mol. The van der Waals surface area contributed by atoms with Gasteiger partial charge in [-0.15, -0.1) is 10.2 Å². The zero-order valence-electron chi connectivity index (χ0n) is 18.1. The number of benzene rings is 1. The van der Waals surface area contributed by atoms with Crippen LogP contribution in [0.1, 0.15) is 38.7 Å². The van der Waals surface area contributed by atoms with Crippen molar-refractivity contribution in [1.29, 1.82) is 0 Å². The largest absolute Gasteiger partial charge is 0.339 e. The second kappa shape index (κ2) is 10.1. The standard InChI is InChI=1S/C22H29N5O2S2/c1-3-19(28)27(18-9-10-18)21-23-24-22(31-21)30-16(2)20(29)26-13-11-25(12-14-26)15-17-7-5-4-6-8-17/h4-8,16,18H,3,9-15H2,1-2H3/t16-/m1/s1. The normalized spacial score (nSPS) is 18.1. The Morgan fingerprint density at radius 1 is 1.16 bits per heavy atom. The molecule has 1 aromatic carbocycles. The molecular formula is C22H29N5O2S2. The molecule has 0 spiro atoms. The van der Waals surface area contributed by atoms with Crippen molar-refractivity contribution >= 4 is 40.0 Å². The summed E-state index contributed by atoms with van der Waals surface area (Å²) in [4.78, 5) is 31.4. The van der Waals surface area contributed by atoms with Gasteiger partial charge in [0.25, 0.3) is 0 Å². The topological polar surface area (TPSA) is 69.6 Å². The first-order valence-electron chi connectivity index (χ1n) is 10.9. The van der Waals surface area contributed by atoms with E-state index in [0.29, 0.717) is 11.6 Å². The summed E-state index contributed by atoms with van der Waals surface area (Å²) in [5.41, 5.74) is 1.31. The summed E-state index contributed by atoms with van der Waals surface area (Å²) in [6.45, 7) is 7.99. The number of hydrogen-bond acceptors (Lipinski definition) is 7. The van der Waals surface area contributed by atoms with Crippen LogP contribution in [-0.2, 0) is 16.1 Å². The summed E-state index contributed by atoms with van der Waals surface area (Å²) in [6, 6.07) is 10.7. The first-order chi connectivity index (χ1) is 15.0. The third kappa shape index (κ3) is 5.64. The number of rotatable bonds is 8. The fraction of sp³-hybridized carbons (Fsp3) is 0.545. The summed E-state index contributed by atoms with van der Waals surface area (Å²) in [6.07, 6.45) is 2.52. The lowest BCUT2D eigenvalue weighted by atomic mass is 10.2. The molecule has 2 fully saturated rings. The number of amides is 2. The van der Waals surface area contributed by atoms with Crippen molar-refractivity contribution in [3.05, 3.63) is 35.9 Å². The van der Waals surface area contributed by atoms with Gasteiger partial charge >= 0.3 is 0 Å². The van der Waals surface area contributed by atoms with Crippen LogP contribution in [0.15, 0.2) is 34.7 Å². The number of carbonyl (C=O) groups is 2. The van der Waals surface area contributed by atoms with Crippen molar-refractivity contribution in [2.75, 3.05) is 31.1 Å². The number of thioether (sulfide) groups is 1. The molecule has 0 unspecified atom stereocenters. The minimum absolute atomic E-state index is 0.0905. The molecule has 1 saturated heterocycles. The van der Waals surface area contributed by atoms with Gasteiger partial charge in [-0.25, -0.2) is 0 Å². The molecule has 1 atom stereocenters. The van der Waals surface area contributed by atoms with E-state index in [9.17, 15) is 9.59 Å². The smallest absolute Gasteiger partial charge is 0.235 e. The molecule has 0 radical (unpaired) electrons. The van der Waals surface area contributed by atoms with Crippen LogP contribution in [0.3, 0.4) is 0 Å². The van der Waals surface area contributed by atoms with Crippen molar-refractivity contribution in [2.24, 2.45) is 0 Å². The van der Waals surface area contributed by atoms with E-state index in [1.165, 1.54) is 28.7 Å². The van der Waals surface area contributed by atoms with Crippen molar-refractivity contribution in [3.8, 4) is 0 Å². The van der Waals surface area contributed by atoms with E-state index in [2.05, 4.69) is 39.4 Å². The van der Waals surface area contributed by atoms with Crippen LogP contribution < -0.4 is 4.90 Å². The van der Waals surface area contributed by atoms with Crippen LogP contribution in [-0.4, -0.2) is 69.3 Å². The number of piperazine rings is 1. The molecule has 1 aliphatic carbocycles. The Bertz CT molecular complexity index is 894. The summed E-state index contributed by atoms with van der Waals surface area (Å²) in [5.74, 6) is 0.234. The lowest BCUT2D eigenvalue weighted by molar-refractivity contribution is -0.132. The Kier molecular flexibility index (Phi) is 7.24. The molecule has 2 aliphatic rings. The number of hydrogen-bond donors (Lipinski definition) is 0. The second-order valence-corrected chi connectivity index (χ2v) is 10.6. The molecule has 0 bridgehead atoms. The van der Waals surface area contributed by atoms with Gasteiger partial charge in [0.05, 0.1) is 5.25 Å². The average Bonchev–Trinajstić information content (AvgIpc) is 3.52. The van der Waals surface area contributed by atoms with Gasteiger partial charge in [0.1, 0.15) is 0 Å². The summed E-state index contributed by atoms with van der Waals surface area (Å²) >= 11 is 2.85. The van der Waals surface area contributed by atoms with Gasteiger partial charge in [-0.3, -0.25) is 19.4 Å². The molecule has 31 heavy (non-hydrogen) atoms. The van der Waals surface area contributed by atoms with Crippen molar-refractivity contribution < 1.29 is 9.59 Å².